The largest absolute Gasteiger partial charge is 0.305 e. The molecule has 1 aliphatic carbocycles. The Balaban J connectivity index is 1.53. The lowest BCUT2D eigenvalue weighted by Gasteiger charge is -2.51. The minimum Gasteiger partial charge on any atom is -0.305 e. The van der Waals surface area contributed by atoms with Gasteiger partial charge in [-0.1, -0.05) is 62.2 Å². The van der Waals surface area contributed by atoms with Gasteiger partial charge in [-0.05, 0) is 62.8 Å². The van der Waals surface area contributed by atoms with E-state index in [4.69, 9.17) is 0 Å². The predicted octanol–water partition coefficient (Wildman–Crippen LogP) is 4.99. The molecule has 0 spiro atoms. The summed E-state index contributed by atoms with van der Waals surface area (Å²) in [7, 11) is 0. The summed E-state index contributed by atoms with van der Waals surface area (Å²) in [5.41, 5.74) is 3.51. The highest BCUT2D eigenvalue weighted by Crippen LogP contribution is 2.50. The van der Waals surface area contributed by atoms with Crippen LogP contribution in [0.5, 0.6) is 0 Å². The van der Waals surface area contributed by atoms with E-state index in [0.29, 0.717) is 0 Å². The van der Waals surface area contributed by atoms with Crippen LogP contribution in [0.15, 0.2) is 48.5 Å². The summed E-state index contributed by atoms with van der Waals surface area (Å²) in [4.78, 5) is 43.1. The van der Waals surface area contributed by atoms with Crippen LogP contribution in [-0.4, -0.2) is 34.7 Å². The average Bonchev–Trinajstić information content (AvgIpc) is 3.04. The zero-order chi connectivity index (χ0) is 24.3. The summed E-state index contributed by atoms with van der Waals surface area (Å²) in [6.07, 6.45) is 4.20. The van der Waals surface area contributed by atoms with Crippen molar-refractivity contribution in [3.8, 4) is 0 Å². The van der Waals surface area contributed by atoms with E-state index in [9.17, 15) is 14.4 Å². The maximum atomic E-state index is 13.9. The maximum Gasteiger partial charge on any atom is 0.247 e. The van der Waals surface area contributed by atoms with Gasteiger partial charge in [0.2, 0.25) is 17.7 Å². The minimum atomic E-state index is -0.499. The van der Waals surface area contributed by atoms with Gasteiger partial charge in [0.05, 0.1) is 11.8 Å². The first kappa shape index (κ1) is 22.8. The zero-order valence-corrected chi connectivity index (χ0v) is 20.6. The third-order valence-corrected chi connectivity index (χ3v) is 8.27. The molecule has 3 amide bonds. The molecule has 178 valence electrons. The fourth-order valence-electron chi connectivity index (χ4n) is 6.79. The van der Waals surface area contributed by atoms with Crippen LogP contribution in [0.4, 0.5) is 5.69 Å². The Bertz CT molecular complexity index is 1130. The van der Waals surface area contributed by atoms with Gasteiger partial charge < -0.3 is 4.90 Å². The molecule has 2 heterocycles. The van der Waals surface area contributed by atoms with Gasteiger partial charge in [-0.15, -0.1) is 0 Å². The Morgan fingerprint density at radius 1 is 0.941 bits per heavy atom. The van der Waals surface area contributed by atoms with Crippen LogP contribution < -0.4 is 4.90 Å². The molecule has 34 heavy (non-hydrogen) atoms. The molecule has 0 aromatic heterocycles. The Labute approximate surface area is 202 Å². The standard InChI is InChI=1S/C29H34N2O3/c1-19-14-15-23-24(16-19)31(28(2,3)18-29(23,4)20-10-6-5-7-11-20)25(32)17-30-26(33)21-12-8-9-13-22(21)27(30)34/h5-7,10-11,14-16,21-22H,8-9,12-13,17-18H2,1-4H3/t21-,22+,29-/m1/s1. The summed E-state index contributed by atoms with van der Waals surface area (Å²) in [6.45, 7) is 8.28. The fraction of sp³-hybridized carbons (Fsp3) is 0.483. The van der Waals surface area contributed by atoms with Crippen molar-refractivity contribution in [2.45, 2.75) is 70.8 Å². The molecular weight excluding hydrogens is 424 g/mol. The smallest absolute Gasteiger partial charge is 0.247 e. The second kappa shape index (κ2) is 8.07. The molecule has 5 nitrogen and oxygen atoms in total. The number of hydrogen-bond acceptors (Lipinski definition) is 3. The molecule has 1 saturated heterocycles. The molecule has 1 saturated carbocycles. The third kappa shape index (κ3) is 3.48. The molecule has 5 heteroatoms. The Hall–Kier alpha value is -2.95. The van der Waals surface area contributed by atoms with Gasteiger partial charge in [-0.2, -0.15) is 0 Å². The van der Waals surface area contributed by atoms with Crippen LogP contribution in [0.3, 0.4) is 0 Å². The lowest BCUT2D eigenvalue weighted by molar-refractivity contribution is -0.143. The van der Waals surface area contributed by atoms with Crippen molar-refractivity contribution in [3.63, 3.8) is 0 Å². The Morgan fingerprint density at radius 3 is 2.18 bits per heavy atom. The molecule has 5 rings (SSSR count). The van der Waals surface area contributed by atoms with Gasteiger partial charge in [-0.3, -0.25) is 19.3 Å². The van der Waals surface area contributed by atoms with Crippen molar-refractivity contribution in [3.05, 3.63) is 65.2 Å². The summed E-state index contributed by atoms with van der Waals surface area (Å²) in [6, 6.07) is 16.7. The van der Waals surface area contributed by atoms with Gasteiger partial charge in [0.25, 0.3) is 0 Å². The molecule has 0 unspecified atom stereocenters. The number of hydrogen-bond donors (Lipinski definition) is 0. The van der Waals surface area contributed by atoms with Crippen LogP contribution in [0.2, 0.25) is 0 Å². The first-order valence-electron chi connectivity index (χ1n) is 12.5. The van der Waals surface area contributed by atoms with Crippen molar-refractivity contribution in [1.82, 2.24) is 4.90 Å². The lowest BCUT2D eigenvalue weighted by Crippen LogP contribution is -2.58. The van der Waals surface area contributed by atoms with Crippen LogP contribution >= 0.6 is 0 Å². The van der Waals surface area contributed by atoms with Gasteiger partial charge >= 0.3 is 0 Å². The molecule has 2 aromatic rings. The van der Waals surface area contributed by atoms with Crippen LogP contribution in [-0.2, 0) is 19.8 Å². The zero-order valence-electron chi connectivity index (χ0n) is 20.6. The van der Waals surface area contributed by atoms with Crippen molar-refractivity contribution in [2.24, 2.45) is 11.8 Å². The topological polar surface area (TPSA) is 57.7 Å². The van der Waals surface area contributed by atoms with E-state index in [2.05, 4.69) is 63.2 Å². The number of amides is 3. The molecular formula is C29H34N2O3. The monoisotopic (exact) mass is 458 g/mol. The Morgan fingerprint density at radius 2 is 1.56 bits per heavy atom. The first-order valence-corrected chi connectivity index (χ1v) is 12.5. The van der Waals surface area contributed by atoms with Crippen molar-refractivity contribution in [1.29, 1.82) is 0 Å². The predicted molar refractivity (Wildman–Crippen MR) is 132 cm³/mol. The summed E-state index contributed by atoms with van der Waals surface area (Å²) >= 11 is 0. The number of fused-ring (bicyclic) bond motifs is 2. The van der Waals surface area contributed by atoms with E-state index in [1.165, 1.54) is 10.5 Å². The number of benzene rings is 2. The van der Waals surface area contributed by atoms with Crippen LogP contribution in [0, 0.1) is 18.8 Å². The average molecular weight is 459 g/mol. The van der Waals surface area contributed by atoms with Crippen molar-refractivity contribution in [2.75, 3.05) is 11.4 Å². The summed E-state index contributed by atoms with van der Waals surface area (Å²) < 4.78 is 0. The number of aryl methyl sites for hydroxylation is 1. The summed E-state index contributed by atoms with van der Waals surface area (Å²) in [5.74, 6) is -0.973. The van der Waals surface area contributed by atoms with Crippen LogP contribution in [0.25, 0.3) is 0 Å². The number of carbonyl (C=O) groups excluding carboxylic acids is 3. The molecule has 0 bridgehead atoms. The highest BCUT2D eigenvalue weighted by Gasteiger charge is 2.51. The molecule has 2 aromatic carbocycles. The van der Waals surface area contributed by atoms with E-state index in [0.717, 1.165) is 48.9 Å². The van der Waals surface area contributed by atoms with Crippen molar-refractivity contribution >= 4 is 23.4 Å². The molecule has 0 N–H and O–H groups in total. The second-order valence-electron chi connectivity index (χ2n) is 11.2. The normalized spacial score (nSPS) is 28.0. The van der Waals surface area contributed by atoms with E-state index < -0.39 is 5.54 Å². The van der Waals surface area contributed by atoms with E-state index in [-0.39, 0.29) is 41.5 Å². The number of carbonyl (C=O) groups is 3. The Kier molecular flexibility index (Phi) is 5.42. The van der Waals surface area contributed by atoms with E-state index in [1.807, 2.05) is 17.9 Å². The highest BCUT2D eigenvalue weighted by molar-refractivity contribution is 6.09. The molecule has 0 radical (unpaired) electrons. The number of anilines is 1. The third-order valence-electron chi connectivity index (χ3n) is 8.27. The van der Waals surface area contributed by atoms with E-state index >= 15 is 0 Å². The van der Waals surface area contributed by atoms with Gasteiger partial charge in [0.15, 0.2) is 0 Å². The van der Waals surface area contributed by atoms with Gasteiger partial charge in [0, 0.05) is 16.6 Å². The SMILES string of the molecule is Cc1ccc2c(c1)N(C(=O)CN1C(=O)[C@H]3CCCC[C@H]3C1=O)C(C)(C)C[C@]2(C)c1ccccc1. The lowest BCUT2D eigenvalue weighted by atomic mass is 9.65. The highest BCUT2D eigenvalue weighted by atomic mass is 16.2. The van der Waals surface area contributed by atoms with E-state index in [1.54, 1.807) is 0 Å². The number of nitrogens with zero attached hydrogens (tertiary/aromatic N) is 2. The van der Waals surface area contributed by atoms with Gasteiger partial charge in [-0.25, -0.2) is 0 Å². The van der Waals surface area contributed by atoms with Gasteiger partial charge in [0.1, 0.15) is 6.54 Å². The number of likely N-dealkylation sites (tertiary alicyclic amines) is 1. The number of imide groups is 1. The van der Waals surface area contributed by atoms with Crippen molar-refractivity contribution < 1.29 is 14.4 Å². The maximum absolute atomic E-state index is 13.9. The molecule has 3 aliphatic rings. The second-order valence-corrected chi connectivity index (χ2v) is 11.2. The molecule has 2 fully saturated rings. The number of rotatable bonds is 3. The molecule has 2 aliphatic heterocycles. The first-order chi connectivity index (χ1) is 16.1. The summed E-state index contributed by atoms with van der Waals surface area (Å²) in [5, 5.41) is 0. The molecule has 3 atom stereocenters. The fourth-order valence-corrected chi connectivity index (χ4v) is 6.79. The van der Waals surface area contributed by atoms with Crippen LogP contribution in [0.1, 0.15) is 69.6 Å². The minimum absolute atomic E-state index is 0.156. The quantitative estimate of drug-likeness (QED) is 0.609.